The molecule has 0 aliphatic carbocycles. The third kappa shape index (κ3) is 4.97. The van der Waals surface area contributed by atoms with Crippen LogP contribution in [0.5, 0.6) is 0 Å². The highest BCUT2D eigenvalue weighted by molar-refractivity contribution is 5.85. The van der Waals surface area contributed by atoms with Crippen molar-refractivity contribution in [3.05, 3.63) is 59.7 Å². The van der Waals surface area contributed by atoms with Gasteiger partial charge in [0.1, 0.15) is 6.04 Å². The van der Waals surface area contributed by atoms with E-state index in [0.29, 0.717) is 5.56 Å². The quantitative estimate of drug-likeness (QED) is 0.887. The predicted molar refractivity (Wildman–Crippen MR) is 83.4 cm³/mol. The Morgan fingerprint density at radius 1 is 1.00 bits per heavy atom. The van der Waals surface area contributed by atoms with E-state index in [9.17, 15) is 18.0 Å². The van der Waals surface area contributed by atoms with Gasteiger partial charge in [-0.2, -0.15) is 13.2 Å². The standard InChI is InChI=1S/C16H14F3NO2.ClH/c17-16(18,19)13-7-5-12(6-8-13)11-3-1-10(2-4-11)9-14(20)15(21)22;/h1-8,14H,9,20H2,(H,21,22);1H. The number of hydrogen-bond donors (Lipinski definition) is 2. The minimum absolute atomic E-state index is 0. The van der Waals surface area contributed by atoms with Gasteiger partial charge in [0.15, 0.2) is 0 Å². The van der Waals surface area contributed by atoms with E-state index in [0.717, 1.165) is 23.3 Å². The molecule has 0 radical (unpaired) electrons. The van der Waals surface area contributed by atoms with Crippen LogP contribution in [-0.2, 0) is 17.4 Å². The summed E-state index contributed by atoms with van der Waals surface area (Å²) in [6.45, 7) is 0. The molecule has 0 bridgehead atoms. The monoisotopic (exact) mass is 345 g/mol. The molecule has 0 heterocycles. The van der Waals surface area contributed by atoms with Crippen LogP contribution in [0, 0.1) is 0 Å². The maximum atomic E-state index is 12.5. The van der Waals surface area contributed by atoms with Crippen LogP contribution in [0.25, 0.3) is 11.1 Å². The number of rotatable bonds is 4. The van der Waals surface area contributed by atoms with Gasteiger partial charge in [0, 0.05) is 0 Å². The Labute approximate surface area is 137 Å². The van der Waals surface area contributed by atoms with E-state index in [2.05, 4.69) is 0 Å². The molecule has 0 saturated carbocycles. The number of halogens is 4. The van der Waals surface area contributed by atoms with Crippen molar-refractivity contribution in [3.8, 4) is 11.1 Å². The fraction of sp³-hybridized carbons (Fsp3) is 0.188. The minimum atomic E-state index is -4.35. The summed E-state index contributed by atoms with van der Waals surface area (Å²) in [5.41, 5.74) is 6.92. The molecule has 1 unspecified atom stereocenters. The number of benzene rings is 2. The van der Waals surface area contributed by atoms with Gasteiger partial charge < -0.3 is 10.8 Å². The number of nitrogens with two attached hydrogens (primary N) is 1. The molecule has 0 aliphatic heterocycles. The lowest BCUT2D eigenvalue weighted by Gasteiger charge is -2.09. The van der Waals surface area contributed by atoms with E-state index >= 15 is 0 Å². The first-order chi connectivity index (χ1) is 10.3. The highest BCUT2D eigenvalue weighted by Gasteiger charge is 2.29. The van der Waals surface area contributed by atoms with E-state index in [1.54, 1.807) is 24.3 Å². The Balaban J connectivity index is 0.00000264. The van der Waals surface area contributed by atoms with Crippen molar-refractivity contribution in [2.75, 3.05) is 0 Å². The highest BCUT2D eigenvalue weighted by atomic mass is 35.5. The first-order valence-corrected chi connectivity index (χ1v) is 6.52. The molecule has 2 rings (SSSR count). The molecule has 0 aliphatic rings. The van der Waals surface area contributed by atoms with Crippen LogP contribution in [0.3, 0.4) is 0 Å². The number of aliphatic carboxylic acids is 1. The molecule has 7 heteroatoms. The summed E-state index contributed by atoms with van der Waals surface area (Å²) in [4.78, 5) is 10.7. The van der Waals surface area contributed by atoms with Crippen molar-refractivity contribution in [2.24, 2.45) is 5.73 Å². The van der Waals surface area contributed by atoms with Gasteiger partial charge in [-0.05, 0) is 35.2 Å². The number of alkyl halides is 3. The van der Waals surface area contributed by atoms with Gasteiger partial charge in [-0.1, -0.05) is 36.4 Å². The lowest BCUT2D eigenvalue weighted by molar-refractivity contribution is -0.139. The van der Waals surface area contributed by atoms with Crippen LogP contribution < -0.4 is 5.73 Å². The molecule has 0 aromatic heterocycles. The average Bonchev–Trinajstić information content (AvgIpc) is 2.47. The smallest absolute Gasteiger partial charge is 0.416 e. The van der Waals surface area contributed by atoms with Crippen LogP contribution in [0.4, 0.5) is 13.2 Å². The van der Waals surface area contributed by atoms with Crippen molar-refractivity contribution in [2.45, 2.75) is 18.6 Å². The number of hydrogen-bond acceptors (Lipinski definition) is 2. The molecule has 0 saturated heterocycles. The second kappa shape index (κ2) is 7.48. The van der Waals surface area contributed by atoms with E-state index in [-0.39, 0.29) is 18.8 Å². The zero-order chi connectivity index (χ0) is 16.3. The topological polar surface area (TPSA) is 63.3 Å². The van der Waals surface area contributed by atoms with Gasteiger partial charge in [0.25, 0.3) is 0 Å². The predicted octanol–water partition coefficient (Wildman–Crippen LogP) is 3.75. The average molecular weight is 346 g/mol. The van der Waals surface area contributed by atoms with Crippen molar-refractivity contribution < 1.29 is 23.1 Å². The van der Waals surface area contributed by atoms with E-state index in [1.807, 2.05) is 0 Å². The first-order valence-electron chi connectivity index (χ1n) is 6.52. The maximum absolute atomic E-state index is 12.5. The summed E-state index contributed by atoms with van der Waals surface area (Å²) >= 11 is 0. The second-order valence-electron chi connectivity index (χ2n) is 4.92. The fourth-order valence-electron chi connectivity index (χ4n) is 2.03. The molecule has 0 spiro atoms. The first kappa shape index (κ1) is 19.0. The van der Waals surface area contributed by atoms with Gasteiger partial charge in [0.2, 0.25) is 0 Å². The van der Waals surface area contributed by atoms with Crippen LogP contribution in [0.2, 0.25) is 0 Å². The maximum Gasteiger partial charge on any atom is 0.416 e. The summed E-state index contributed by atoms with van der Waals surface area (Å²) < 4.78 is 37.5. The molecule has 2 aromatic carbocycles. The number of carboxylic acids is 1. The van der Waals surface area contributed by atoms with Gasteiger partial charge >= 0.3 is 12.1 Å². The summed E-state index contributed by atoms with van der Waals surface area (Å²) in [6, 6.07) is 10.8. The van der Waals surface area contributed by atoms with Crippen LogP contribution in [0.1, 0.15) is 11.1 Å². The van der Waals surface area contributed by atoms with E-state index in [1.165, 1.54) is 12.1 Å². The van der Waals surface area contributed by atoms with Crippen LogP contribution in [0.15, 0.2) is 48.5 Å². The van der Waals surface area contributed by atoms with Crippen LogP contribution in [-0.4, -0.2) is 17.1 Å². The van der Waals surface area contributed by atoms with Crippen molar-refractivity contribution in [3.63, 3.8) is 0 Å². The zero-order valence-electron chi connectivity index (χ0n) is 11.9. The molecule has 3 nitrogen and oxygen atoms in total. The van der Waals surface area contributed by atoms with Gasteiger partial charge in [-0.25, -0.2) is 0 Å². The van der Waals surface area contributed by atoms with Crippen molar-refractivity contribution >= 4 is 18.4 Å². The number of carboxylic acid groups (broad SMARTS) is 1. The van der Waals surface area contributed by atoms with Gasteiger partial charge in [-0.3, -0.25) is 4.79 Å². The Morgan fingerprint density at radius 3 is 1.83 bits per heavy atom. The zero-order valence-corrected chi connectivity index (χ0v) is 12.7. The summed E-state index contributed by atoms with van der Waals surface area (Å²) in [7, 11) is 0. The third-order valence-corrected chi connectivity index (χ3v) is 3.27. The third-order valence-electron chi connectivity index (χ3n) is 3.27. The molecule has 2 aromatic rings. The Hall–Kier alpha value is -2.05. The number of carbonyl (C=O) groups is 1. The largest absolute Gasteiger partial charge is 0.480 e. The van der Waals surface area contributed by atoms with Crippen molar-refractivity contribution in [1.29, 1.82) is 0 Å². The van der Waals surface area contributed by atoms with E-state index < -0.39 is 23.8 Å². The Morgan fingerprint density at radius 2 is 1.43 bits per heavy atom. The fourth-order valence-corrected chi connectivity index (χ4v) is 2.03. The second-order valence-corrected chi connectivity index (χ2v) is 4.92. The summed E-state index contributed by atoms with van der Waals surface area (Å²) in [6.07, 6.45) is -4.15. The molecule has 3 N–H and O–H groups in total. The SMILES string of the molecule is Cl.NC(Cc1ccc(-c2ccc(C(F)(F)F)cc2)cc1)C(=O)O. The molecular weight excluding hydrogens is 331 g/mol. The van der Waals surface area contributed by atoms with Gasteiger partial charge in [-0.15, -0.1) is 12.4 Å². The van der Waals surface area contributed by atoms with Crippen LogP contribution >= 0.6 is 12.4 Å². The van der Waals surface area contributed by atoms with Gasteiger partial charge in [0.05, 0.1) is 5.56 Å². The Kier molecular flexibility index (Phi) is 6.18. The van der Waals surface area contributed by atoms with Crippen molar-refractivity contribution in [1.82, 2.24) is 0 Å². The normalized spacial score (nSPS) is 12.3. The summed E-state index contributed by atoms with van der Waals surface area (Å²) in [5.74, 6) is -1.08. The molecule has 1 atom stereocenters. The lowest BCUT2D eigenvalue weighted by Crippen LogP contribution is -2.32. The van der Waals surface area contributed by atoms with E-state index in [4.69, 9.17) is 10.8 Å². The molecular formula is C16H15ClF3NO2. The summed E-state index contributed by atoms with van der Waals surface area (Å²) in [5, 5.41) is 8.75. The minimum Gasteiger partial charge on any atom is -0.480 e. The molecule has 0 amide bonds. The molecule has 23 heavy (non-hydrogen) atoms. The molecule has 0 fully saturated rings. The highest BCUT2D eigenvalue weighted by Crippen LogP contribution is 2.31. The lowest BCUT2D eigenvalue weighted by atomic mass is 10.00. The Bertz CT molecular complexity index is 655. The molecule has 124 valence electrons.